The topological polar surface area (TPSA) is 91.6 Å². The second kappa shape index (κ2) is 11.0. The summed E-state index contributed by atoms with van der Waals surface area (Å²) in [5.74, 6) is 0.740. The number of rotatable bonds is 10. The van der Waals surface area contributed by atoms with Crippen molar-refractivity contribution in [1.82, 2.24) is 24.7 Å². The summed E-state index contributed by atoms with van der Waals surface area (Å²) in [7, 11) is -1.87. The summed E-state index contributed by atoms with van der Waals surface area (Å²) in [5.41, 5.74) is 0.949. The minimum absolute atomic E-state index is 0.0914. The zero-order valence-corrected chi connectivity index (χ0v) is 18.5. The first-order valence-corrected chi connectivity index (χ1v) is 11.3. The van der Waals surface area contributed by atoms with Gasteiger partial charge in [0.1, 0.15) is 0 Å². The monoisotopic (exact) mass is 420 g/mol. The van der Waals surface area contributed by atoms with Crippen molar-refractivity contribution >= 4 is 16.0 Å². The molecule has 0 atom stereocenters. The molecule has 0 saturated carbocycles. The molecule has 8 nitrogen and oxygen atoms in total. The van der Waals surface area contributed by atoms with Gasteiger partial charge < -0.3 is 10.6 Å². The molecular formula is C20H32N6O2S. The maximum atomic E-state index is 12.5. The van der Waals surface area contributed by atoms with E-state index in [1.54, 1.807) is 25.4 Å². The summed E-state index contributed by atoms with van der Waals surface area (Å²) in [6.07, 6.45) is 4.65. The average Bonchev–Trinajstić information content (AvgIpc) is 3.22. The van der Waals surface area contributed by atoms with Crippen molar-refractivity contribution < 1.29 is 8.42 Å². The van der Waals surface area contributed by atoms with Crippen LogP contribution in [-0.2, 0) is 23.1 Å². The predicted molar refractivity (Wildman–Crippen MR) is 116 cm³/mol. The number of hydrogen-bond acceptors (Lipinski definition) is 4. The number of guanidine groups is 1. The number of nitrogens with one attached hydrogen (secondary N) is 2. The lowest BCUT2D eigenvalue weighted by molar-refractivity contribution is 0.410. The standard InChI is InChI=1S/C20H32N6O2S/c1-5-21-20(22-12-6-14-26-15-7-13-24-26)23-16-18-8-10-19(11-9-18)29(27,28)25(4)17(2)3/h7-11,13,15,17H,5-6,12,14,16H2,1-4H3,(H2,21,22,23). The summed E-state index contributed by atoms with van der Waals surface area (Å²) in [6.45, 7) is 8.59. The van der Waals surface area contributed by atoms with Crippen LogP contribution >= 0.6 is 0 Å². The van der Waals surface area contributed by atoms with Crippen LogP contribution in [-0.4, -0.2) is 54.6 Å². The second-order valence-corrected chi connectivity index (χ2v) is 9.00. The van der Waals surface area contributed by atoms with Gasteiger partial charge in [0.25, 0.3) is 0 Å². The predicted octanol–water partition coefficient (Wildman–Crippen LogP) is 2.06. The normalized spacial score (nSPS) is 12.6. The molecule has 29 heavy (non-hydrogen) atoms. The molecule has 2 N–H and O–H groups in total. The molecule has 0 radical (unpaired) electrons. The maximum Gasteiger partial charge on any atom is 0.243 e. The number of sulfonamides is 1. The van der Waals surface area contributed by atoms with Crippen LogP contribution in [0.15, 0.2) is 52.6 Å². The minimum Gasteiger partial charge on any atom is -0.357 e. The van der Waals surface area contributed by atoms with Gasteiger partial charge in [-0.3, -0.25) is 4.68 Å². The fourth-order valence-corrected chi connectivity index (χ4v) is 3.97. The number of aryl methyl sites for hydroxylation is 1. The van der Waals surface area contributed by atoms with Crippen LogP contribution in [0.1, 0.15) is 32.8 Å². The lowest BCUT2D eigenvalue weighted by Crippen LogP contribution is -2.38. The molecule has 0 fully saturated rings. The Kier molecular flexibility index (Phi) is 8.66. The Morgan fingerprint density at radius 1 is 1.24 bits per heavy atom. The van der Waals surface area contributed by atoms with Crippen molar-refractivity contribution in [1.29, 1.82) is 0 Å². The molecule has 0 aliphatic carbocycles. The van der Waals surface area contributed by atoms with Crippen LogP contribution in [0.5, 0.6) is 0 Å². The van der Waals surface area contributed by atoms with E-state index in [4.69, 9.17) is 0 Å². The molecule has 0 aliphatic heterocycles. The van der Waals surface area contributed by atoms with Gasteiger partial charge in [0, 0.05) is 45.1 Å². The number of hydrogen-bond donors (Lipinski definition) is 2. The third-order valence-electron chi connectivity index (χ3n) is 4.51. The summed E-state index contributed by atoms with van der Waals surface area (Å²) in [5, 5.41) is 10.7. The van der Waals surface area contributed by atoms with Gasteiger partial charge in [0.2, 0.25) is 10.0 Å². The van der Waals surface area contributed by atoms with Gasteiger partial charge in [-0.2, -0.15) is 9.40 Å². The highest BCUT2D eigenvalue weighted by Gasteiger charge is 2.22. The van der Waals surface area contributed by atoms with Crippen molar-refractivity contribution in [2.45, 2.75) is 51.2 Å². The summed E-state index contributed by atoms with van der Waals surface area (Å²) >= 11 is 0. The first-order chi connectivity index (χ1) is 13.8. The highest BCUT2D eigenvalue weighted by molar-refractivity contribution is 7.89. The van der Waals surface area contributed by atoms with Gasteiger partial charge in [0.05, 0.1) is 11.4 Å². The van der Waals surface area contributed by atoms with Crippen LogP contribution in [0.3, 0.4) is 0 Å². The van der Waals surface area contributed by atoms with E-state index in [-0.39, 0.29) is 6.04 Å². The average molecular weight is 421 g/mol. The van der Waals surface area contributed by atoms with E-state index in [1.807, 2.05) is 49.8 Å². The van der Waals surface area contributed by atoms with Gasteiger partial charge in [-0.1, -0.05) is 12.1 Å². The Labute approximate surface area is 174 Å². The van der Waals surface area contributed by atoms with Crippen LogP contribution < -0.4 is 10.6 Å². The molecule has 160 valence electrons. The van der Waals surface area contributed by atoms with Gasteiger partial charge in [0.15, 0.2) is 5.96 Å². The third kappa shape index (κ3) is 6.86. The lowest BCUT2D eigenvalue weighted by Gasteiger charge is -2.21. The molecule has 0 unspecified atom stereocenters. The van der Waals surface area contributed by atoms with E-state index in [2.05, 4.69) is 20.7 Å². The van der Waals surface area contributed by atoms with E-state index in [1.165, 1.54) is 4.31 Å². The van der Waals surface area contributed by atoms with Crippen LogP contribution in [0.2, 0.25) is 0 Å². The van der Waals surface area contributed by atoms with Gasteiger partial charge in [-0.05, 0) is 51.0 Å². The molecule has 0 aliphatic rings. The summed E-state index contributed by atoms with van der Waals surface area (Å²) in [6, 6.07) is 8.73. The molecule has 0 amide bonds. The number of nitrogens with zero attached hydrogens (tertiary/aromatic N) is 4. The number of aliphatic imine (C=N–C) groups is 1. The van der Waals surface area contributed by atoms with Gasteiger partial charge >= 0.3 is 0 Å². The van der Waals surface area contributed by atoms with Crippen molar-refractivity contribution in [2.75, 3.05) is 20.1 Å². The van der Waals surface area contributed by atoms with Crippen molar-refractivity contribution in [3.8, 4) is 0 Å². The maximum absolute atomic E-state index is 12.5. The van der Waals surface area contributed by atoms with E-state index in [0.717, 1.165) is 37.6 Å². The van der Waals surface area contributed by atoms with E-state index >= 15 is 0 Å². The Bertz CT molecular complexity index is 861. The van der Waals surface area contributed by atoms with Crippen LogP contribution in [0, 0.1) is 0 Å². The Hall–Kier alpha value is -2.39. The van der Waals surface area contributed by atoms with Gasteiger partial charge in [-0.15, -0.1) is 0 Å². The van der Waals surface area contributed by atoms with Crippen LogP contribution in [0.4, 0.5) is 0 Å². The molecular weight excluding hydrogens is 388 g/mol. The fourth-order valence-electron chi connectivity index (χ4n) is 2.60. The first-order valence-electron chi connectivity index (χ1n) is 9.91. The van der Waals surface area contributed by atoms with E-state index in [0.29, 0.717) is 11.4 Å². The van der Waals surface area contributed by atoms with Crippen molar-refractivity contribution in [2.24, 2.45) is 4.99 Å². The largest absolute Gasteiger partial charge is 0.357 e. The van der Waals surface area contributed by atoms with Gasteiger partial charge in [-0.25, -0.2) is 13.4 Å². The minimum atomic E-state index is -3.46. The Morgan fingerprint density at radius 2 is 1.97 bits per heavy atom. The quantitative estimate of drug-likeness (QED) is 0.349. The fraction of sp³-hybridized carbons (Fsp3) is 0.500. The van der Waals surface area contributed by atoms with Crippen LogP contribution in [0.25, 0.3) is 0 Å². The molecule has 2 aromatic rings. The molecule has 2 rings (SSSR count). The van der Waals surface area contributed by atoms with E-state index < -0.39 is 10.0 Å². The summed E-state index contributed by atoms with van der Waals surface area (Å²) in [4.78, 5) is 4.88. The van der Waals surface area contributed by atoms with Crippen molar-refractivity contribution in [3.63, 3.8) is 0 Å². The van der Waals surface area contributed by atoms with E-state index in [9.17, 15) is 8.42 Å². The second-order valence-electron chi connectivity index (χ2n) is 7.00. The third-order valence-corrected chi connectivity index (χ3v) is 6.55. The SMILES string of the molecule is CCNC(=NCc1ccc(S(=O)(=O)N(C)C(C)C)cc1)NCCCn1cccn1. The zero-order chi connectivity index (χ0) is 21.3. The lowest BCUT2D eigenvalue weighted by atomic mass is 10.2. The molecule has 1 aromatic heterocycles. The highest BCUT2D eigenvalue weighted by Crippen LogP contribution is 2.17. The molecule has 1 aromatic carbocycles. The molecule has 0 spiro atoms. The van der Waals surface area contributed by atoms with Crippen molar-refractivity contribution in [3.05, 3.63) is 48.3 Å². The first kappa shape index (κ1) is 22.9. The molecule has 0 saturated heterocycles. The molecule has 9 heteroatoms. The zero-order valence-electron chi connectivity index (χ0n) is 17.7. The molecule has 1 heterocycles. The summed E-state index contributed by atoms with van der Waals surface area (Å²) < 4.78 is 28.4. The number of aromatic nitrogens is 2. The Balaban J connectivity index is 1.92. The highest BCUT2D eigenvalue weighted by atomic mass is 32.2. The number of benzene rings is 1. The smallest absolute Gasteiger partial charge is 0.243 e. The molecule has 0 bridgehead atoms. The Morgan fingerprint density at radius 3 is 2.55 bits per heavy atom.